The molecule has 12 heteroatoms. The first-order valence-electron chi connectivity index (χ1n) is 12.9. The highest BCUT2D eigenvalue weighted by atomic mass is 32.2. The third kappa shape index (κ3) is 5.39. The molecule has 0 bridgehead atoms. The van der Waals surface area contributed by atoms with E-state index in [0.29, 0.717) is 54.3 Å². The van der Waals surface area contributed by atoms with Crippen molar-refractivity contribution in [2.45, 2.75) is 44.7 Å². The van der Waals surface area contributed by atoms with Gasteiger partial charge in [-0.15, -0.1) is 0 Å². The number of rotatable bonds is 11. The Morgan fingerprint density at radius 2 is 1.55 bits per heavy atom. The Kier molecular flexibility index (Phi) is 8.48. The zero-order valence-electron chi connectivity index (χ0n) is 23.2. The first-order valence-corrected chi connectivity index (χ1v) is 14.4. The van der Waals surface area contributed by atoms with Crippen molar-refractivity contribution < 1.29 is 17.9 Å². The lowest BCUT2D eigenvalue weighted by molar-refractivity contribution is 0.353. The normalized spacial score (nSPS) is 11.8. The van der Waals surface area contributed by atoms with Crippen molar-refractivity contribution >= 4 is 39.0 Å². The van der Waals surface area contributed by atoms with Crippen LogP contribution >= 0.6 is 0 Å². The minimum absolute atomic E-state index is 0.0442. The summed E-state index contributed by atoms with van der Waals surface area (Å²) in [6, 6.07) is 11.5. The Morgan fingerprint density at radius 1 is 0.925 bits per heavy atom. The van der Waals surface area contributed by atoms with Gasteiger partial charge in [0.05, 0.1) is 19.1 Å². The average molecular weight is 568 g/mol. The van der Waals surface area contributed by atoms with E-state index >= 15 is 0 Å². The summed E-state index contributed by atoms with van der Waals surface area (Å²) in [5.74, 6) is 0.959. The Labute approximate surface area is 232 Å². The first-order chi connectivity index (χ1) is 19.2. The van der Waals surface area contributed by atoms with E-state index in [-0.39, 0.29) is 16.3 Å². The monoisotopic (exact) mass is 567 g/mol. The second kappa shape index (κ2) is 11.8. The molecule has 40 heavy (non-hydrogen) atoms. The number of fused-ring (bicyclic) bond motifs is 1. The van der Waals surface area contributed by atoms with Gasteiger partial charge >= 0.3 is 5.69 Å². The lowest BCUT2D eigenvalue weighted by Gasteiger charge is -2.14. The second-order valence-electron chi connectivity index (χ2n) is 9.14. The van der Waals surface area contributed by atoms with E-state index in [1.54, 1.807) is 60.2 Å². The fourth-order valence-corrected chi connectivity index (χ4v) is 5.75. The van der Waals surface area contributed by atoms with Crippen LogP contribution in [-0.4, -0.2) is 41.3 Å². The molecule has 1 N–H and O–H groups in total. The number of para-hydroxylation sites is 1. The molecule has 0 saturated heterocycles. The summed E-state index contributed by atoms with van der Waals surface area (Å²) < 4.78 is 44.7. The number of methoxy groups -OCH3 is 2. The second-order valence-corrected chi connectivity index (χ2v) is 10.8. The number of benzene rings is 2. The van der Waals surface area contributed by atoms with Crippen LogP contribution in [0.15, 0.2) is 56.9 Å². The number of anilines is 1. The molecule has 0 saturated carbocycles. The molecule has 0 aliphatic carbocycles. The van der Waals surface area contributed by atoms with Crippen molar-refractivity contribution in [3.63, 3.8) is 0 Å². The topological polar surface area (TPSA) is 126 Å². The number of nitrogens with zero attached hydrogens (tertiary/aromatic N) is 4. The summed E-state index contributed by atoms with van der Waals surface area (Å²) in [4.78, 5) is 30.9. The van der Waals surface area contributed by atoms with Gasteiger partial charge in [-0.2, -0.15) is 0 Å². The van der Waals surface area contributed by atoms with E-state index in [1.165, 1.54) is 29.4 Å². The van der Waals surface area contributed by atoms with Crippen molar-refractivity contribution in [1.29, 1.82) is 0 Å². The zero-order chi connectivity index (χ0) is 29.0. The minimum Gasteiger partial charge on any atom is -0.493 e. The van der Waals surface area contributed by atoms with Crippen LogP contribution in [0.4, 0.5) is 5.69 Å². The summed E-state index contributed by atoms with van der Waals surface area (Å²) >= 11 is 0. The third-order valence-corrected chi connectivity index (χ3v) is 7.85. The number of aryl methyl sites for hydroxylation is 2. The van der Waals surface area contributed by atoms with Crippen LogP contribution in [0.2, 0.25) is 0 Å². The van der Waals surface area contributed by atoms with Gasteiger partial charge in [-0.3, -0.25) is 18.7 Å². The summed E-state index contributed by atoms with van der Waals surface area (Å²) in [6.07, 6.45) is 4.50. The van der Waals surface area contributed by atoms with Crippen LogP contribution in [0, 0.1) is 0 Å². The van der Waals surface area contributed by atoms with Crippen molar-refractivity contribution in [3.05, 3.63) is 74.7 Å². The molecular formula is C28H33N5O6S. The van der Waals surface area contributed by atoms with Gasteiger partial charge in [0.1, 0.15) is 5.82 Å². The summed E-state index contributed by atoms with van der Waals surface area (Å²) in [7, 11) is 0.535. The van der Waals surface area contributed by atoms with Crippen LogP contribution in [0.5, 0.6) is 11.5 Å². The molecule has 0 atom stereocenters. The van der Waals surface area contributed by atoms with Gasteiger partial charge in [0.15, 0.2) is 22.7 Å². The van der Waals surface area contributed by atoms with Gasteiger partial charge in [-0.1, -0.05) is 32.0 Å². The van der Waals surface area contributed by atoms with E-state index in [4.69, 9.17) is 9.47 Å². The quantitative estimate of drug-likeness (QED) is 0.293. The molecule has 0 spiro atoms. The standard InChI is InChI=1S/C28H33N5O6S/c1-6-15-32-26-25(27(34)33(16-7-2)28(32)35)31(3)24(29-26)14-13-19-17-21(38-4)22(39-5)18-23(19)40(36,37)30-20-11-9-8-10-12-20/h8-14,17-18,30H,6-7,15-16H2,1-5H3. The Balaban J connectivity index is 1.89. The number of nitrogens with one attached hydrogen (secondary N) is 1. The molecule has 4 rings (SSSR count). The maximum atomic E-state index is 13.5. The van der Waals surface area contributed by atoms with Crippen molar-refractivity contribution in [1.82, 2.24) is 18.7 Å². The van der Waals surface area contributed by atoms with Gasteiger partial charge < -0.3 is 14.0 Å². The zero-order valence-corrected chi connectivity index (χ0v) is 24.0. The van der Waals surface area contributed by atoms with Gasteiger partial charge in [0.2, 0.25) is 0 Å². The van der Waals surface area contributed by atoms with Gasteiger partial charge in [0.25, 0.3) is 15.6 Å². The van der Waals surface area contributed by atoms with Crippen LogP contribution in [-0.2, 0) is 30.2 Å². The highest BCUT2D eigenvalue weighted by molar-refractivity contribution is 7.92. The maximum absolute atomic E-state index is 13.5. The molecule has 0 unspecified atom stereocenters. The SMILES string of the molecule is CCCn1c(=O)c2c(nc(C=Cc3cc(OC)c(OC)cc3S(=O)(=O)Nc3ccccc3)n2C)n(CCC)c1=O. The molecule has 0 aliphatic rings. The van der Waals surface area contributed by atoms with E-state index in [2.05, 4.69) is 9.71 Å². The number of ether oxygens (including phenoxy) is 2. The largest absolute Gasteiger partial charge is 0.493 e. The van der Waals surface area contributed by atoms with E-state index in [0.717, 1.165) is 0 Å². The molecule has 0 aliphatic heterocycles. The molecule has 2 aromatic carbocycles. The predicted octanol–water partition coefficient (Wildman–Crippen LogP) is 3.71. The number of hydrogen-bond acceptors (Lipinski definition) is 7. The summed E-state index contributed by atoms with van der Waals surface area (Å²) in [5, 5.41) is 0. The van der Waals surface area contributed by atoms with E-state index < -0.39 is 21.3 Å². The van der Waals surface area contributed by atoms with Crippen molar-refractivity contribution in [3.8, 4) is 11.5 Å². The van der Waals surface area contributed by atoms with Crippen molar-refractivity contribution in [2.24, 2.45) is 7.05 Å². The van der Waals surface area contributed by atoms with Crippen LogP contribution < -0.4 is 25.4 Å². The third-order valence-electron chi connectivity index (χ3n) is 6.41. The Hall–Kier alpha value is -4.32. The number of hydrogen-bond donors (Lipinski definition) is 1. The Morgan fingerprint density at radius 3 is 2.17 bits per heavy atom. The van der Waals surface area contributed by atoms with Crippen LogP contribution in [0.1, 0.15) is 38.1 Å². The molecule has 0 fully saturated rings. The van der Waals surface area contributed by atoms with Gasteiger partial charge in [-0.05, 0) is 48.8 Å². The molecular weight excluding hydrogens is 534 g/mol. The average Bonchev–Trinajstić information content (AvgIpc) is 3.27. The first kappa shape index (κ1) is 28.7. The molecule has 212 valence electrons. The lowest BCUT2D eigenvalue weighted by Crippen LogP contribution is -2.40. The van der Waals surface area contributed by atoms with E-state index in [9.17, 15) is 18.0 Å². The number of imidazole rings is 1. The molecule has 11 nitrogen and oxygen atoms in total. The fraction of sp³-hybridized carbons (Fsp3) is 0.321. The minimum atomic E-state index is -4.04. The number of sulfonamides is 1. The molecule has 4 aromatic rings. The fourth-order valence-electron chi connectivity index (χ4n) is 4.49. The molecule has 2 heterocycles. The Bertz CT molecular complexity index is 1790. The van der Waals surface area contributed by atoms with Crippen LogP contribution in [0.25, 0.3) is 23.3 Å². The van der Waals surface area contributed by atoms with Gasteiger partial charge in [-0.25, -0.2) is 18.2 Å². The smallest absolute Gasteiger partial charge is 0.332 e. The molecule has 0 amide bonds. The highest BCUT2D eigenvalue weighted by Gasteiger charge is 2.23. The van der Waals surface area contributed by atoms with Crippen LogP contribution in [0.3, 0.4) is 0 Å². The van der Waals surface area contributed by atoms with Gasteiger partial charge in [0, 0.05) is 31.9 Å². The van der Waals surface area contributed by atoms with E-state index in [1.807, 2.05) is 13.8 Å². The maximum Gasteiger partial charge on any atom is 0.332 e. The summed E-state index contributed by atoms with van der Waals surface area (Å²) in [5.41, 5.74) is 0.493. The molecule has 2 aromatic heterocycles. The number of aromatic nitrogens is 4. The highest BCUT2D eigenvalue weighted by Crippen LogP contribution is 2.34. The lowest BCUT2D eigenvalue weighted by atomic mass is 10.2. The predicted molar refractivity (Wildman–Crippen MR) is 156 cm³/mol. The van der Waals surface area contributed by atoms with Crippen molar-refractivity contribution in [2.75, 3.05) is 18.9 Å². The summed E-state index contributed by atoms with van der Waals surface area (Å²) in [6.45, 7) is 4.55. The molecule has 0 radical (unpaired) electrons.